The van der Waals surface area contributed by atoms with Crippen molar-refractivity contribution in [2.45, 2.75) is 19.4 Å². The van der Waals surface area contributed by atoms with E-state index in [1.54, 1.807) is 6.07 Å². The van der Waals surface area contributed by atoms with Gasteiger partial charge in [-0.05, 0) is 48.2 Å². The fourth-order valence-electron chi connectivity index (χ4n) is 3.46. The van der Waals surface area contributed by atoms with Gasteiger partial charge in [0.1, 0.15) is 5.82 Å². The largest absolute Gasteiger partial charge is 0.330 e. The van der Waals surface area contributed by atoms with E-state index in [0.29, 0.717) is 18.4 Å². The number of aryl methyl sites for hydroxylation is 1. The summed E-state index contributed by atoms with van der Waals surface area (Å²) in [4.78, 5) is 2.40. The summed E-state index contributed by atoms with van der Waals surface area (Å²) in [6.07, 6.45) is 0. The van der Waals surface area contributed by atoms with Crippen LogP contribution in [0.2, 0.25) is 0 Å². The van der Waals surface area contributed by atoms with E-state index in [2.05, 4.69) is 29.2 Å². The summed E-state index contributed by atoms with van der Waals surface area (Å²) in [6, 6.07) is 15.6. The van der Waals surface area contributed by atoms with E-state index in [1.807, 2.05) is 19.1 Å². The molecule has 0 unspecified atom stereocenters. The quantitative estimate of drug-likeness (QED) is 0.923. The van der Waals surface area contributed by atoms with Crippen molar-refractivity contribution in [3.05, 3.63) is 71.0 Å². The van der Waals surface area contributed by atoms with Crippen LogP contribution in [0.1, 0.15) is 22.6 Å². The molecule has 0 amide bonds. The second kappa shape index (κ2) is 7.91. The zero-order valence-electron chi connectivity index (χ0n) is 13.4. The van der Waals surface area contributed by atoms with Gasteiger partial charge in [0.15, 0.2) is 0 Å². The van der Waals surface area contributed by atoms with Gasteiger partial charge in [-0.2, -0.15) is 0 Å². The molecular weight excluding hydrogens is 311 g/mol. The third-order valence-electron chi connectivity index (χ3n) is 4.75. The van der Waals surface area contributed by atoms with E-state index in [4.69, 9.17) is 5.73 Å². The number of benzene rings is 2. The Morgan fingerprint density at radius 3 is 2.57 bits per heavy atom. The maximum atomic E-state index is 13.5. The summed E-state index contributed by atoms with van der Waals surface area (Å²) in [5.74, 6) is 0.783. The molecule has 1 aliphatic rings. The van der Waals surface area contributed by atoms with Gasteiger partial charge in [-0.3, -0.25) is 4.90 Å². The molecule has 4 heteroatoms. The first-order chi connectivity index (χ1) is 10.7. The van der Waals surface area contributed by atoms with Crippen molar-refractivity contribution >= 4 is 12.4 Å². The van der Waals surface area contributed by atoms with Crippen molar-refractivity contribution in [1.29, 1.82) is 0 Å². The van der Waals surface area contributed by atoms with Crippen LogP contribution in [-0.2, 0) is 6.54 Å². The first-order valence-electron chi connectivity index (χ1n) is 7.89. The van der Waals surface area contributed by atoms with Gasteiger partial charge < -0.3 is 5.73 Å². The SMILES string of the molecule is Cc1ccc(F)cc1CN1C[C@@H](CN)[C@H](c2ccccc2)C1.Cl. The number of hydrogen-bond acceptors (Lipinski definition) is 2. The minimum absolute atomic E-state index is 0. The summed E-state index contributed by atoms with van der Waals surface area (Å²) >= 11 is 0. The molecule has 0 aliphatic carbocycles. The van der Waals surface area contributed by atoms with Crippen molar-refractivity contribution in [2.24, 2.45) is 11.7 Å². The molecule has 23 heavy (non-hydrogen) atoms. The number of nitrogens with two attached hydrogens (primary N) is 1. The molecule has 0 bridgehead atoms. The normalized spacial score (nSPS) is 21.2. The van der Waals surface area contributed by atoms with E-state index in [0.717, 1.165) is 30.8 Å². The summed E-state index contributed by atoms with van der Waals surface area (Å²) in [5, 5.41) is 0. The molecule has 124 valence electrons. The fourth-order valence-corrected chi connectivity index (χ4v) is 3.46. The standard InChI is InChI=1S/C19H23FN2.ClH/c1-14-7-8-18(20)9-16(14)11-22-12-17(10-21)19(13-22)15-5-3-2-4-6-15;/h2-9,17,19H,10-13,21H2,1H3;1H/t17-,19+;/m1./s1. The van der Waals surface area contributed by atoms with E-state index < -0.39 is 0 Å². The Bertz CT molecular complexity index is 633. The molecule has 1 heterocycles. The van der Waals surface area contributed by atoms with Gasteiger partial charge in [-0.25, -0.2) is 4.39 Å². The van der Waals surface area contributed by atoms with Crippen molar-refractivity contribution in [3.8, 4) is 0 Å². The van der Waals surface area contributed by atoms with Gasteiger partial charge in [-0.1, -0.05) is 36.4 Å². The van der Waals surface area contributed by atoms with Crippen LogP contribution in [0, 0.1) is 18.7 Å². The molecule has 2 N–H and O–H groups in total. The van der Waals surface area contributed by atoms with Crippen LogP contribution in [0.15, 0.2) is 48.5 Å². The molecule has 0 spiro atoms. The number of nitrogens with zero attached hydrogens (tertiary/aromatic N) is 1. The van der Waals surface area contributed by atoms with Gasteiger partial charge >= 0.3 is 0 Å². The van der Waals surface area contributed by atoms with E-state index in [9.17, 15) is 4.39 Å². The predicted octanol–water partition coefficient (Wildman–Crippen LogP) is 3.73. The molecule has 1 fully saturated rings. The van der Waals surface area contributed by atoms with Crippen LogP contribution in [0.3, 0.4) is 0 Å². The molecule has 0 aromatic heterocycles. The lowest BCUT2D eigenvalue weighted by atomic mass is 9.89. The number of likely N-dealkylation sites (tertiary alicyclic amines) is 1. The number of rotatable bonds is 4. The lowest BCUT2D eigenvalue weighted by Gasteiger charge is -2.17. The Hall–Kier alpha value is -1.42. The molecule has 1 saturated heterocycles. The van der Waals surface area contributed by atoms with Crippen molar-refractivity contribution in [2.75, 3.05) is 19.6 Å². The summed E-state index contributed by atoms with van der Waals surface area (Å²) in [5.41, 5.74) is 9.56. The summed E-state index contributed by atoms with van der Waals surface area (Å²) in [7, 11) is 0. The van der Waals surface area contributed by atoms with Crippen molar-refractivity contribution in [1.82, 2.24) is 4.90 Å². The molecule has 0 saturated carbocycles. The maximum absolute atomic E-state index is 13.5. The first-order valence-corrected chi connectivity index (χ1v) is 7.89. The highest BCUT2D eigenvalue weighted by molar-refractivity contribution is 5.85. The zero-order valence-corrected chi connectivity index (χ0v) is 14.2. The monoisotopic (exact) mass is 334 g/mol. The smallest absolute Gasteiger partial charge is 0.123 e. The summed E-state index contributed by atoms with van der Waals surface area (Å²) in [6.45, 7) is 5.50. The molecule has 2 atom stereocenters. The third kappa shape index (κ3) is 4.11. The molecule has 3 rings (SSSR count). The highest BCUT2D eigenvalue weighted by Gasteiger charge is 2.32. The Balaban J connectivity index is 0.00000192. The molecule has 2 aromatic carbocycles. The van der Waals surface area contributed by atoms with E-state index in [-0.39, 0.29) is 18.2 Å². The predicted molar refractivity (Wildman–Crippen MR) is 95.4 cm³/mol. The lowest BCUT2D eigenvalue weighted by Crippen LogP contribution is -2.23. The van der Waals surface area contributed by atoms with Gasteiger partial charge in [0.2, 0.25) is 0 Å². The average Bonchev–Trinajstić information content (AvgIpc) is 2.95. The van der Waals surface area contributed by atoms with E-state index >= 15 is 0 Å². The van der Waals surface area contributed by atoms with Crippen LogP contribution in [0.25, 0.3) is 0 Å². The molecule has 1 aliphatic heterocycles. The third-order valence-corrected chi connectivity index (χ3v) is 4.75. The second-order valence-corrected chi connectivity index (χ2v) is 6.28. The van der Waals surface area contributed by atoms with Gasteiger partial charge in [0, 0.05) is 25.6 Å². The van der Waals surface area contributed by atoms with Crippen LogP contribution in [0.5, 0.6) is 0 Å². The van der Waals surface area contributed by atoms with Crippen molar-refractivity contribution in [3.63, 3.8) is 0 Å². The Morgan fingerprint density at radius 2 is 1.87 bits per heavy atom. The Morgan fingerprint density at radius 1 is 1.13 bits per heavy atom. The van der Waals surface area contributed by atoms with Crippen LogP contribution >= 0.6 is 12.4 Å². The molecular formula is C19H24ClFN2. The first kappa shape index (κ1) is 17.9. The minimum Gasteiger partial charge on any atom is -0.330 e. The highest BCUT2D eigenvalue weighted by atomic mass is 35.5. The highest BCUT2D eigenvalue weighted by Crippen LogP contribution is 2.33. The second-order valence-electron chi connectivity index (χ2n) is 6.28. The Labute approximate surface area is 143 Å². The van der Waals surface area contributed by atoms with Crippen LogP contribution in [-0.4, -0.2) is 24.5 Å². The Kier molecular flexibility index (Phi) is 6.17. The van der Waals surface area contributed by atoms with E-state index in [1.165, 1.54) is 11.6 Å². The molecule has 0 radical (unpaired) electrons. The van der Waals surface area contributed by atoms with Gasteiger partial charge in [0.25, 0.3) is 0 Å². The average molecular weight is 335 g/mol. The van der Waals surface area contributed by atoms with Gasteiger partial charge in [-0.15, -0.1) is 12.4 Å². The number of halogens is 2. The lowest BCUT2D eigenvalue weighted by molar-refractivity contribution is 0.315. The number of hydrogen-bond donors (Lipinski definition) is 1. The molecule has 2 nitrogen and oxygen atoms in total. The van der Waals surface area contributed by atoms with Crippen molar-refractivity contribution < 1.29 is 4.39 Å². The van der Waals surface area contributed by atoms with Gasteiger partial charge in [0.05, 0.1) is 0 Å². The molecule has 2 aromatic rings. The minimum atomic E-state index is -0.158. The van der Waals surface area contributed by atoms with Crippen LogP contribution in [0.4, 0.5) is 4.39 Å². The van der Waals surface area contributed by atoms with Crippen LogP contribution < -0.4 is 5.73 Å². The summed E-state index contributed by atoms with van der Waals surface area (Å²) < 4.78 is 13.5. The fraction of sp³-hybridized carbons (Fsp3) is 0.368. The zero-order chi connectivity index (χ0) is 15.5. The topological polar surface area (TPSA) is 29.3 Å². The maximum Gasteiger partial charge on any atom is 0.123 e.